The molecule has 2 amide bonds. The molecule has 2 rings (SSSR count). The van der Waals surface area contributed by atoms with E-state index in [0.29, 0.717) is 13.0 Å². The van der Waals surface area contributed by atoms with Crippen LogP contribution in [0.15, 0.2) is 24.3 Å². The van der Waals surface area contributed by atoms with E-state index >= 15 is 0 Å². The molecule has 108 valence electrons. The Morgan fingerprint density at radius 3 is 2.75 bits per heavy atom. The van der Waals surface area contributed by atoms with E-state index in [1.807, 2.05) is 24.3 Å². The SMILES string of the molecule is CC(NC(=O)C1CNc2ccccc2C1)C(=O)N(C)C. The van der Waals surface area contributed by atoms with E-state index < -0.39 is 6.04 Å². The molecule has 1 aliphatic heterocycles. The van der Waals surface area contributed by atoms with Crippen LogP contribution in [0, 0.1) is 5.92 Å². The standard InChI is InChI=1S/C15H21N3O2/c1-10(15(20)18(2)3)17-14(19)12-8-11-6-4-5-7-13(11)16-9-12/h4-7,10,12,16H,8-9H2,1-3H3,(H,17,19). The van der Waals surface area contributed by atoms with Gasteiger partial charge in [0.25, 0.3) is 0 Å². The van der Waals surface area contributed by atoms with Gasteiger partial charge in [-0.2, -0.15) is 0 Å². The van der Waals surface area contributed by atoms with Gasteiger partial charge in [-0.15, -0.1) is 0 Å². The first kappa shape index (κ1) is 14.4. The van der Waals surface area contributed by atoms with Gasteiger partial charge in [0, 0.05) is 26.3 Å². The zero-order valence-electron chi connectivity index (χ0n) is 12.1. The number of benzene rings is 1. The largest absolute Gasteiger partial charge is 0.384 e. The minimum absolute atomic E-state index is 0.0743. The molecule has 0 saturated heterocycles. The summed E-state index contributed by atoms with van der Waals surface area (Å²) < 4.78 is 0. The molecule has 1 aromatic rings. The van der Waals surface area contributed by atoms with E-state index in [1.54, 1.807) is 21.0 Å². The lowest BCUT2D eigenvalue weighted by atomic mass is 9.93. The molecule has 0 fully saturated rings. The normalized spacial score (nSPS) is 18.4. The first-order chi connectivity index (χ1) is 9.49. The summed E-state index contributed by atoms with van der Waals surface area (Å²) in [4.78, 5) is 25.5. The third kappa shape index (κ3) is 3.10. The molecular formula is C15H21N3O2. The number of rotatable bonds is 3. The number of likely N-dealkylation sites (N-methyl/N-ethyl adjacent to an activating group) is 1. The van der Waals surface area contributed by atoms with Crippen LogP contribution < -0.4 is 10.6 Å². The summed E-state index contributed by atoms with van der Waals surface area (Å²) in [6, 6.07) is 7.50. The van der Waals surface area contributed by atoms with E-state index in [4.69, 9.17) is 0 Å². The molecule has 0 radical (unpaired) electrons. The topological polar surface area (TPSA) is 61.4 Å². The molecule has 0 spiro atoms. The summed E-state index contributed by atoms with van der Waals surface area (Å²) >= 11 is 0. The molecule has 5 heteroatoms. The van der Waals surface area contributed by atoms with Crippen molar-refractivity contribution in [3.8, 4) is 0 Å². The lowest BCUT2D eigenvalue weighted by Crippen LogP contribution is -2.48. The first-order valence-corrected chi connectivity index (χ1v) is 6.82. The van der Waals surface area contributed by atoms with Gasteiger partial charge in [0.1, 0.15) is 6.04 Å². The smallest absolute Gasteiger partial charge is 0.244 e. The Morgan fingerprint density at radius 2 is 2.05 bits per heavy atom. The molecule has 0 aromatic heterocycles. The Kier molecular flexibility index (Phi) is 4.27. The number of amides is 2. The lowest BCUT2D eigenvalue weighted by molar-refractivity contribution is -0.135. The molecule has 1 aliphatic rings. The van der Waals surface area contributed by atoms with Gasteiger partial charge in [0.2, 0.25) is 11.8 Å². The van der Waals surface area contributed by atoms with E-state index in [0.717, 1.165) is 11.3 Å². The fourth-order valence-electron chi connectivity index (χ4n) is 2.41. The van der Waals surface area contributed by atoms with Crippen molar-refractivity contribution in [2.45, 2.75) is 19.4 Å². The van der Waals surface area contributed by atoms with E-state index in [9.17, 15) is 9.59 Å². The predicted molar refractivity (Wildman–Crippen MR) is 78.4 cm³/mol. The van der Waals surface area contributed by atoms with Gasteiger partial charge in [-0.3, -0.25) is 9.59 Å². The third-order valence-electron chi connectivity index (χ3n) is 3.56. The number of para-hydroxylation sites is 1. The number of hydrogen-bond acceptors (Lipinski definition) is 3. The van der Waals surface area contributed by atoms with Gasteiger partial charge in [-0.25, -0.2) is 0 Å². The molecule has 1 aromatic carbocycles. The van der Waals surface area contributed by atoms with Crippen molar-refractivity contribution in [3.05, 3.63) is 29.8 Å². The number of hydrogen-bond donors (Lipinski definition) is 2. The van der Waals surface area contributed by atoms with Crippen LogP contribution in [0.25, 0.3) is 0 Å². The first-order valence-electron chi connectivity index (χ1n) is 6.82. The van der Waals surface area contributed by atoms with Crippen molar-refractivity contribution in [1.82, 2.24) is 10.2 Å². The van der Waals surface area contributed by atoms with Crippen molar-refractivity contribution < 1.29 is 9.59 Å². The third-order valence-corrected chi connectivity index (χ3v) is 3.56. The molecule has 0 saturated carbocycles. The Morgan fingerprint density at radius 1 is 1.35 bits per heavy atom. The highest BCUT2D eigenvalue weighted by molar-refractivity contribution is 5.88. The molecule has 20 heavy (non-hydrogen) atoms. The average Bonchev–Trinajstić information content (AvgIpc) is 2.45. The fraction of sp³-hybridized carbons (Fsp3) is 0.467. The van der Waals surface area contributed by atoms with Gasteiger partial charge in [0.15, 0.2) is 0 Å². The molecule has 1 heterocycles. The number of nitrogens with one attached hydrogen (secondary N) is 2. The maximum atomic E-state index is 12.2. The van der Waals surface area contributed by atoms with Gasteiger partial charge in [0.05, 0.1) is 5.92 Å². The number of carbonyl (C=O) groups excluding carboxylic acids is 2. The summed E-state index contributed by atoms with van der Waals surface area (Å²) in [5.41, 5.74) is 2.24. The maximum absolute atomic E-state index is 12.2. The van der Waals surface area contributed by atoms with Crippen molar-refractivity contribution in [3.63, 3.8) is 0 Å². The number of fused-ring (bicyclic) bond motifs is 1. The number of nitrogens with zero attached hydrogens (tertiary/aromatic N) is 1. The molecule has 5 nitrogen and oxygen atoms in total. The molecule has 0 aliphatic carbocycles. The average molecular weight is 275 g/mol. The van der Waals surface area contributed by atoms with Crippen LogP contribution in [0.5, 0.6) is 0 Å². The minimum Gasteiger partial charge on any atom is -0.384 e. The highest BCUT2D eigenvalue weighted by Crippen LogP contribution is 2.24. The van der Waals surface area contributed by atoms with E-state index in [-0.39, 0.29) is 17.7 Å². The van der Waals surface area contributed by atoms with Crippen molar-refractivity contribution >= 4 is 17.5 Å². The van der Waals surface area contributed by atoms with Crippen LogP contribution >= 0.6 is 0 Å². The lowest BCUT2D eigenvalue weighted by Gasteiger charge is -2.27. The van der Waals surface area contributed by atoms with Gasteiger partial charge in [-0.1, -0.05) is 18.2 Å². The Bertz CT molecular complexity index is 514. The second-order valence-electron chi connectivity index (χ2n) is 5.40. The Hall–Kier alpha value is -2.04. The Labute approximate surface area is 119 Å². The number of anilines is 1. The monoisotopic (exact) mass is 275 g/mol. The summed E-state index contributed by atoms with van der Waals surface area (Å²) in [5.74, 6) is -0.306. The quantitative estimate of drug-likeness (QED) is 0.860. The van der Waals surface area contributed by atoms with Gasteiger partial charge < -0.3 is 15.5 Å². The summed E-state index contributed by atoms with van der Waals surface area (Å²) in [7, 11) is 3.37. The molecule has 0 bridgehead atoms. The zero-order valence-corrected chi connectivity index (χ0v) is 12.1. The van der Waals surface area contributed by atoms with Gasteiger partial charge in [-0.05, 0) is 25.0 Å². The fourth-order valence-corrected chi connectivity index (χ4v) is 2.41. The van der Waals surface area contributed by atoms with Gasteiger partial charge >= 0.3 is 0 Å². The highest BCUT2D eigenvalue weighted by Gasteiger charge is 2.26. The van der Waals surface area contributed by atoms with Crippen LogP contribution in [0.1, 0.15) is 12.5 Å². The highest BCUT2D eigenvalue weighted by atomic mass is 16.2. The summed E-state index contributed by atoms with van der Waals surface area (Å²) in [5, 5.41) is 6.05. The number of carbonyl (C=O) groups is 2. The van der Waals surface area contributed by atoms with Crippen LogP contribution in [-0.2, 0) is 16.0 Å². The predicted octanol–water partition coefficient (Wildman–Crippen LogP) is 0.864. The zero-order chi connectivity index (χ0) is 14.7. The van der Waals surface area contributed by atoms with Crippen molar-refractivity contribution in [1.29, 1.82) is 0 Å². The van der Waals surface area contributed by atoms with Crippen LogP contribution in [0.4, 0.5) is 5.69 Å². The second kappa shape index (κ2) is 5.94. The van der Waals surface area contributed by atoms with E-state index in [1.165, 1.54) is 4.90 Å². The Balaban J connectivity index is 1.97. The summed E-state index contributed by atoms with van der Waals surface area (Å²) in [6.07, 6.45) is 0.706. The van der Waals surface area contributed by atoms with Crippen molar-refractivity contribution in [2.24, 2.45) is 5.92 Å². The molecule has 2 N–H and O–H groups in total. The molecule has 2 atom stereocenters. The minimum atomic E-state index is -0.491. The van der Waals surface area contributed by atoms with Crippen LogP contribution in [0.2, 0.25) is 0 Å². The molecule has 2 unspecified atom stereocenters. The van der Waals surface area contributed by atoms with E-state index in [2.05, 4.69) is 10.6 Å². The van der Waals surface area contributed by atoms with Crippen LogP contribution in [0.3, 0.4) is 0 Å². The summed E-state index contributed by atoms with van der Waals surface area (Å²) in [6.45, 7) is 2.32. The second-order valence-corrected chi connectivity index (χ2v) is 5.40. The maximum Gasteiger partial charge on any atom is 0.244 e. The molecular weight excluding hydrogens is 254 g/mol. The van der Waals surface area contributed by atoms with Crippen molar-refractivity contribution in [2.75, 3.05) is 26.0 Å². The van der Waals surface area contributed by atoms with Crippen LogP contribution in [-0.4, -0.2) is 43.4 Å².